The fourth-order valence-corrected chi connectivity index (χ4v) is 3.04. The lowest BCUT2D eigenvalue weighted by Gasteiger charge is -2.11. The Balaban J connectivity index is 1.95. The van der Waals surface area contributed by atoms with Crippen LogP contribution < -0.4 is 0 Å². The van der Waals surface area contributed by atoms with Crippen LogP contribution in [0.25, 0.3) is 0 Å². The molecule has 0 saturated heterocycles. The van der Waals surface area contributed by atoms with Crippen molar-refractivity contribution >= 4 is 12.6 Å². The minimum atomic E-state index is 0.305. The van der Waals surface area contributed by atoms with Gasteiger partial charge in [0.2, 0.25) is 0 Å². The Morgan fingerprint density at radius 2 is 1.29 bits per heavy atom. The molecule has 0 spiro atoms. The maximum absolute atomic E-state index is 9.28. The van der Waals surface area contributed by atoms with Gasteiger partial charge in [-0.3, -0.25) is 0 Å². The second kappa shape index (κ2) is 12.0. The van der Waals surface area contributed by atoms with Crippen molar-refractivity contribution < 1.29 is 5.11 Å². The number of hydrogen-bond acceptors (Lipinski definition) is 2. The van der Waals surface area contributed by atoms with E-state index in [1.54, 1.807) is 12.1 Å². The molecule has 0 saturated carbocycles. The van der Waals surface area contributed by atoms with Gasteiger partial charge in [0.15, 0.2) is 0 Å². The molecule has 0 aliphatic rings. The highest BCUT2D eigenvalue weighted by Crippen LogP contribution is 2.27. The number of thiol groups is 1. The molecule has 0 radical (unpaired) electrons. The van der Waals surface area contributed by atoms with E-state index in [1.807, 2.05) is 12.1 Å². The van der Waals surface area contributed by atoms with Crippen LogP contribution in [0.5, 0.6) is 5.75 Å². The summed E-state index contributed by atoms with van der Waals surface area (Å²) in [5, 5.41) is 9.58. The second-order valence-electron chi connectivity index (χ2n) is 6.08. The fraction of sp³-hybridized carbons (Fsp3) is 0.684. The van der Waals surface area contributed by atoms with Crippen molar-refractivity contribution in [3.05, 3.63) is 29.8 Å². The van der Waals surface area contributed by atoms with Crippen LogP contribution >= 0.6 is 12.6 Å². The Bertz CT molecular complexity index is 347. The highest BCUT2D eigenvalue weighted by Gasteiger charge is 2.05. The van der Waals surface area contributed by atoms with Gasteiger partial charge < -0.3 is 5.11 Å². The summed E-state index contributed by atoms with van der Waals surface area (Å²) in [6, 6.07) is 7.45. The van der Waals surface area contributed by atoms with Crippen molar-refractivity contribution in [3.8, 4) is 5.75 Å². The van der Waals surface area contributed by atoms with Gasteiger partial charge >= 0.3 is 0 Å². The van der Waals surface area contributed by atoms with Gasteiger partial charge in [-0.2, -0.15) is 12.6 Å². The summed E-state index contributed by atoms with van der Waals surface area (Å²) >= 11 is 4.66. The van der Waals surface area contributed by atoms with Gasteiger partial charge in [-0.1, -0.05) is 83.3 Å². The molecule has 0 aromatic heterocycles. The van der Waals surface area contributed by atoms with E-state index in [4.69, 9.17) is 0 Å². The summed E-state index contributed by atoms with van der Waals surface area (Å²) in [7, 11) is 0. The largest absolute Gasteiger partial charge is 0.508 e. The zero-order chi connectivity index (χ0) is 15.3. The maximum atomic E-state index is 9.28. The second-order valence-corrected chi connectivity index (χ2v) is 6.70. The number of benzene rings is 1. The average molecular weight is 309 g/mol. The highest BCUT2D eigenvalue weighted by molar-refractivity contribution is 7.80. The standard InChI is InChI=1S/C19H32OS/c1-2-3-4-5-6-7-8-9-10-11-12-19(21)17-13-15-18(20)16-14-17/h13-16,19-21H,2-12H2,1H3. The van der Waals surface area contributed by atoms with Gasteiger partial charge in [0.05, 0.1) is 0 Å². The van der Waals surface area contributed by atoms with Gasteiger partial charge in [-0.05, 0) is 24.1 Å². The van der Waals surface area contributed by atoms with Crippen LogP contribution in [0, 0.1) is 0 Å². The van der Waals surface area contributed by atoms with E-state index in [-0.39, 0.29) is 0 Å². The fourth-order valence-electron chi connectivity index (χ4n) is 2.69. The Morgan fingerprint density at radius 1 is 0.810 bits per heavy atom. The van der Waals surface area contributed by atoms with Gasteiger partial charge in [-0.25, -0.2) is 0 Å². The lowest BCUT2D eigenvalue weighted by atomic mass is 10.0. The molecule has 1 aromatic carbocycles. The normalized spacial score (nSPS) is 12.5. The zero-order valence-corrected chi connectivity index (χ0v) is 14.5. The first-order valence-corrected chi connectivity index (χ1v) is 9.22. The average Bonchev–Trinajstić information content (AvgIpc) is 2.49. The molecule has 1 atom stereocenters. The van der Waals surface area contributed by atoms with Gasteiger partial charge in [0.25, 0.3) is 0 Å². The topological polar surface area (TPSA) is 20.2 Å². The van der Waals surface area contributed by atoms with E-state index in [0.717, 1.165) is 6.42 Å². The summed E-state index contributed by atoms with van der Waals surface area (Å²) in [5.74, 6) is 0.332. The van der Waals surface area contributed by atoms with Gasteiger partial charge in [0.1, 0.15) is 5.75 Å². The third kappa shape index (κ3) is 9.08. The molecule has 0 bridgehead atoms. The number of aromatic hydroxyl groups is 1. The Hall–Kier alpha value is -0.630. The molecule has 0 heterocycles. The predicted molar refractivity (Wildman–Crippen MR) is 96.3 cm³/mol. The molecule has 120 valence electrons. The number of rotatable bonds is 12. The molecule has 1 aromatic rings. The van der Waals surface area contributed by atoms with E-state index < -0.39 is 0 Å². The summed E-state index contributed by atoms with van der Waals surface area (Å²) in [6.45, 7) is 2.27. The predicted octanol–water partition coefficient (Wildman–Crippen LogP) is 6.67. The van der Waals surface area contributed by atoms with Crippen LogP contribution in [0.15, 0.2) is 24.3 Å². The molecule has 1 unspecified atom stereocenters. The lowest BCUT2D eigenvalue weighted by Crippen LogP contribution is -1.91. The summed E-state index contributed by atoms with van der Waals surface area (Å²) in [6.07, 6.45) is 14.9. The Kier molecular flexibility index (Phi) is 10.5. The minimum Gasteiger partial charge on any atom is -0.508 e. The Labute approximate surface area is 136 Å². The molecule has 1 N–H and O–H groups in total. The molecule has 1 rings (SSSR count). The Morgan fingerprint density at radius 3 is 1.81 bits per heavy atom. The third-order valence-electron chi connectivity index (χ3n) is 4.11. The van der Waals surface area contributed by atoms with Crippen LogP contribution in [0.1, 0.15) is 88.4 Å². The summed E-state index contributed by atoms with van der Waals surface area (Å²) in [5.41, 5.74) is 1.21. The SMILES string of the molecule is CCCCCCCCCCCCC(S)c1ccc(O)cc1. The summed E-state index contributed by atoms with van der Waals surface area (Å²) < 4.78 is 0. The molecule has 2 heteroatoms. The first kappa shape index (κ1) is 18.4. The monoisotopic (exact) mass is 308 g/mol. The van der Waals surface area contributed by atoms with E-state index in [1.165, 1.54) is 69.8 Å². The quantitative estimate of drug-likeness (QED) is 0.326. The van der Waals surface area contributed by atoms with E-state index in [2.05, 4.69) is 19.6 Å². The molecule has 0 amide bonds. The molecule has 21 heavy (non-hydrogen) atoms. The molecule has 1 nitrogen and oxygen atoms in total. The van der Waals surface area contributed by atoms with Crippen molar-refractivity contribution in [2.24, 2.45) is 0 Å². The van der Waals surface area contributed by atoms with Crippen molar-refractivity contribution in [1.82, 2.24) is 0 Å². The van der Waals surface area contributed by atoms with Crippen molar-refractivity contribution in [3.63, 3.8) is 0 Å². The van der Waals surface area contributed by atoms with E-state index in [9.17, 15) is 5.11 Å². The first-order chi connectivity index (χ1) is 10.2. The molecule has 0 aliphatic carbocycles. The summed E-state index contributed by atoms with van der Waals surface area (Å²) in [4.78, 5) is 0. The van der Waals surface area contributed by atoms with Crippen LogP contribution in [-0.2, 0) is 0 Å². The van der Waals surface area contributed by atoms with E-state index in [0.29, 0.717) is 11.0 Å². The van der Waals surface area contributed by atoms with Gasteiger partial charge in [-0.15, -0.1) is 0 Å². The van der Waals surface area contributed by atoms with Crippen LogP contribution in [0.4, 0.5) is 0 Å². The maximum Gasteiger partial charge on any atom is 0.115 e. The lowest BCUT2D eigenvalue weighted by molar-refractivity contribution is 0.475. The first-order valence-electron chi connectivity index (χ1n) is 8.71. The van der Waals surface area contributed by atoms with Crippen molar-refractivity contribution in [2.75, 3.05) is 0 Å². The number of phenols is 1. The van der Waals surface area contributed by atoms with Crippen LogP contribution in [0.2, 0.25) is 0 Å². The van der Waals surface area contributed by atoms with Crippen LogP contribution in [0.3, 0.4) is 0 Å². The highest BCUT2D eigenvalue weighted by atomic mass is 32.1. The van der Waals surface area contributed by atoms with Crippen molar-refractivity contribution in [2.45, 2.75) is 82.8 Å². The van der Waals surface area contributed by atoms with Crippen LogP contribution in [-0.4, -0.2) is 5.11 Å². The van der Waals surface area contributed by atoms with E-state index >= 15 is 0 Å². The number of unbranched alkanes of at least 4 members (excludes halogenated alkanes) is 9. The number of phenolic OH excluding ortho intramolecular Hbond substituents is 1. The molecule has 0 aliphatic heterocycles. The molecular formula is C19H32OS. The zero-order valence-electron chi connectivity index (χ0n) is 13.6. The molecule has 0 fully saturated rings. The van der Waals surface area contributed by atoms with Crippen molar-refractivity contribution in [1.29, 1.82) is 0 Å². The third-order valence-corrected chi connectivity index (χ3v) is 4.67. The molecular weight excluding hydrogens is 276 g/mol. The minimum absolute atomic E-state index is 0.305. The smallest absolute Gasteiger partial charge is 0.115 e. The number of hydrogen-bond donors (Lipinski definition) is 2. The van der Waals surface area contributed by atoms with Gasteiger partial charge in [0, 0.05) is 5.25 Å².